The third-order valence-electron chi connectivity index (χ3n) is 3.17. The molecular formula is C13H22N4O. The first-order chi connectivity index (χ1) is 8.85. The molecular weight excluding hydrogens is 228 g/mol. The molecule has 18 heavy (non-hydrogen) atoms. The molecule has 0 aliphatic carbocycles. The minimum atomic E-state index is 0.495. The Balaban J connectivity index is 2.10. The van der Waals surface area contributed by atoms with Gasteiger partial charge in [-0.1, -0.05) is 13.8 Å². The Morgan fingerprint density at radius 1 is 1.44 bits per heavy atom. The van der Waals surface area contributed by atoms with Gasteiger partial charge in [0.15, 0.2) is 5.82 Å². The maximum atomic E-state index is 5.54. The summed E-state index contributed by atoms with van der Waals surface area (Å²) in [6.07, 6.45) is 5.60. The Hall–Kier alpha value is -1.36. The number of rotatable bonds is 5. The van der Waals surface area contributed by atoms with Gasteiger partial charge in [0.05, 0.1) is 19.0 Å². The molecule has 5 nitrogen and oxygen atoms in total. The van der Waals surface area contributed by atoms with E-state index in [1.165, 1.54) is 0 Å². The summed E-state index contributed by atoms with van der Waals surface area (Å²) in [6, 6.07) is 0.495. The average molecular weight is 250 g/mol. The quantitative estimate of drug-likeness (QED) is 0.857. The van der Waals surface area contributed by atoms with Gasteiger partial charge in [-0.2, -0.15) is 4.98 Å². The van der Waals surface area contributed by atoms with Crippen molar-refractivity contribution in [1.82, 2.24) is 15.3 Å². The van der Waals surface area contributed by atoms with Crippen LogP contribution in [0, 0.1) is 0 Å². The highest BCUT2D eigenvalue weighted by molar-refractivity contribution is 5.39. The molecule has 1 unspecified atom stereocenters. The third kappa shape index (κ3) is 3.10. The molecule has 0 radical (unpaired) electrons. The van der Waals surface area contributed by atoms with Gasteiger partial charge in [0.25, 0.3) is 0 Å². The van der Waals surface area contributed by atoms with E-state index >= 15 is 0 Å². The molecule has 2 heterocycles. The fourth-order valence-electron chi connectivity index (χ4n) is 2.18. The molecule has 2 rings (SSSR count). The molecule has 1 N–H and O–H groups in total. The fraction of sp³-hybridized carbons (Fsp3) is 0.692. The second kappa shape index (κ2) is 6.54. The maximum absolute atomic E-state index is 5.54. The van der Waals surface area contributed by atoms with Crippen LogP contribution in [0.2, 0.25) is 0 Å². The van der Waals surface area contributed by atoms with E-state index in [4.69, 9.17) is 4.74 Å². The van der Waals surface area contributed by atoms with Crippen LogP contribution in [0.1, 0.15) is 26.7 Å². The van der Waals surface area contributed by atoms with Gasteiger partial charge in [0, 0.05) is 25.7 Å². The molecule has 1 aliphatic heterocycles. The Morgan fingerprint density at radius 2 is 2.33 bits per heavy atom. The van der Waals surface area contributed by atoms with Crippen LogP contribution in [0.3, 0.4) is 0 Å². The minimum absolute atomic E-state index is 0.495. The minimum Gasteiger partial charge on any atom is -0.477 e. The predicted molar refractivity (Wildman–Crippen MR) is 72.1 cm³/mol. The van der Waals surface area contributed by atoms with Gasteiger partial charge in [-0.15, -0.1) is 0 Å². The molecule has 1 aromatic rings. The number of piperazine rings is 1. The first-order valence-electron chi connectivity index (χ1n) is 6.77. The number of anilines is 1. The van der Waals surface area contributed by atoms with Crippen molar-refractivity contribution in [2.75, 3.05) is 31.1 Å². The van der Waals surface area contributed by atoms with Crippen LogP contribution < -0.4 is 15.0 Å². The largest absolute Gasteiger partial charge is 0.477 e. The number of aromatic nitrogens is 2. The lowest BCUT2D eigenvalue weighted by Gasteiger charge is -2.36. The molecule has 1 atom stereocenters. The lowest BCUT2D eigenvalue weighted by molar-refractivity contribution is 0.303. The van der Waals surface area contributed by atoms with Gasteiger partial charge in [0.1, 0.15) is 0 Å². The Kier molecular flexibility index (Phi) is 4.75. The van der Waals surface area contributed by atoms with E-state index in [1.54, 1.807) is 6.20 Å². The fourth-order valence-corrected chi connectivity index (χ4v) is 2.18. The Morgan fingerprint density at radius 3 is 3.11 bits per heavy atom. The molecule has 1 aliphatic rings. The van der Waals surface area contributed by atoms with Crippen molar-refractivity contribution in [2.45, 2.75) is 32.7 Å². The molecule has 0 spiro atoms. The van der Waals surface area contributed by atoms with Crippen LogP contribution in [0.4, 0.5) is 5.82 Å². The first kappa shape index (κ1) is 13.1. The molecule has 5 heteroatoms. The highest BCUT2D eigenvalue weighted by atomic mass is 16.5. The summed E-state index contributed by atoms with van der Waals surface area (Å²) in [5, 5.41) is 3.41. The number of nitrogens with one attached hydrogen (secondary N) is 1. The van der Waals surface area contributed by atoms with E-state index in [0.717, 1.165) is 38.3 Å². The standard InChI is InChI=1S/C13H22N4O/c1-3-7-18-13-10-15-9-12(16-13)17-6-5-14-8-11(17)4-2/h9-11,14H,3-8H2,1-2H3. The van der Waals surface area contributed by atoms with Crippen molar-refractivity contribution in [3.63, 3.8) is 0 Å². The summed E-state index contributed by atoms with van der Waals surface area (Å²) in [6.45, 7) is 7.97. The lowest BCUT2D eigenvalue weighted by atomic mass is 10.1. The van der Waals surface area contributed by atoms with Crippen LogP contribution in [0.5, 0.6) is 5.88 Å². The van der Waals surface area contributed by atoms with Crippen molar-refractivity contribution in [3.05, 3.63) is 12.4 Å². The van der Waals surface area contributed by atoms with Crippen LogP contribution in [-0.4, -0.2) is 42.3 Å². The zero-order valence-corrected chi connectivity index (χ0v) is 11.2. The van der Waals surface area contributed by atoms with Crippen molar-refractivity contribution in [1.29, 1.82) is 0 Å². The summed E-state index contributed by atoms with van der Waals surface area (Å²) in [7, 11) is 0. The smallest absolute Gasteiger partial charge is 0.234 e. The van der Waals surface area contributed by atoms with Crippen LogP contribution >= 0.6 is 0 Å². The second-order valence-corrected chi connectivity index (χ2v) is 4.52. The SMILES string of the molecule is CCCOc1cncc(N2CCNCC2CC)n1. The van der Waals surface area contributed by atoms with Crippen LogP contribution in [0.15, 0.2) is 12.4 Å². The molecule has 1 aromatic heterocycles. The molecule has 1 fully saturated rings. The first-order valence-corrected chi connectivity index (χ1v) is 6.77. The van der Waals surface area contributed by atoms with Crippen LogP contribution in [-0.2, 0) is 0 Å². The van der Waals surface area contributed by atoms with E-state index in [2.05, 4.69) is 34.0 Å². The van der Waals surface area contributed by atoms with Crippen molar-refractivity contribution in [2.24, 2.45) is 0 Å². The van der Waals surface area contributed by atoms with Crippen molar-refractivity contribution >= 4 is 5.82 Å². The predicted octanol–water partition coefficient (Wildman–Crippen LogP) is 1.45. The topological polar surface area (TPSA) is 50.3 Å². The Labute approximate surface area is 109 Å². The van der Waals surface area contributed by atoms with E-state index in [1.807, 2.05) is 6.20 Å². The Bertz CT molecular complexity index is 372. The van der Waals surface area contributed by atoms with Crippen molar-refractivity contribution < 1.29 is 4.74 Å². The van der Waals surface area contributed by atoms with E-state index in [-0.39, 0.29) is 0 Å². The van der Waals surface area contributed by atoms with Gasteiger partial charge in [-0.3, -0.25) is 4.98 Å². The highest BCUT2D eigenvalue weighted by Crippen LogP contribution is 2.19. The van der Waals surface area contributed by atoms with Gasteiger partial charge >= 0.3 is 0 Å². The highest BCUT2D eigenvalue weighted by Gasteiger charge is 2.22. The monoisotopic (exact) mass is 250 g/mol. The summed E-state index contributed by atoms with van der Waals surface area (Å²) in [4.78, 5) is 11.1. The summed E-state index contributed by atoms with van der Waals surface area (Å²) in [5.41, 5.74) is 0. The van der Waals surface area contributed by atoms with Gasteiger partial charge in [0.2, 0.25) is 5.88 Å². The molecule has 0 bridgehead atoms. The average Bonchev–Trinajstić information content (AvgIpc) is 2.45. The molecule has 100 valence electrons. The van der Waals surface area contributed by atoms with Crippen LogP contribution in [0.25, 0.3) is 0 Å². The molecule has 1 saturated heterocycles. The zero-order valence-electron chi connectivity index (χ0n) is 11.2. The summed E-state index contributed by atoms with van der Waals surface area (Å²) < 4.78 is 5.54. The van der Waals surface area contributed by atoms with Gasteiger partial charge in [-0.25, -0.2) is 0 Å². The molecule has 0 saturated carbocycles. The normalized spacial score (nSPS) is 19.9. The van der Waals surface area contributed by atoms with E-state index in [0.29, 0.717) is 18.5 Å². The number of hydrogen-bond acceptors (Lipinski definition) is 5. The van der Waals surface area contributed by atoms with E-state index in [9.17, 15) is 0 Å². The van der Waals surface area contributed by atoms with Gasteiger partial charge in [-0.05, 0) is 12.8 Å². The molecule has 0 amide bonds. The zero-order chi connectivity index (χ0) is 12.8. The molecule has 0 aromatic carbocycles. The summed E-state index contributed by atoms with van der Waals surface area (Å²) >= 11 is 0. The number of nitrogens with zero attached hydrogens (tertiary/aromatic N) is 3. The maximum Gasteiger partial charge on any atom is 0.234 e. The second-order valence-electron chi connectivity index (χ2n) is 4.52. The summed E-state index contributed by atoms with van der Waals surface area (Å²) in [5.74, 6) is 1.56. The lowest BCUT2D eigenvalue weighted by Crippen LogP contribution is -2.51. The number of ether oxygens (including phenoxy) is 1. The number of hydrogen-bond donors (Lipinski definition) is 1. The van der Waals surface area contributed by atoms with Crippen molar-refractivity contribution in [3.8, 4) is 5.88 Å². The van der Waals surface area contributed by atoms with Gasteiger partial charge < -0.3 is 15.0 Å². The van der Waals surface area contributed by atoms with E-state index < -0.39 is 0 Å². The third-order valence-corrected chi connectivity index (χ3v) is 3.17.